The molecule has 2 amide bonds. The predicted molar refractivity (Wildman–Crippen MR) is 130 cm³/mol. The van der Waals surface area contributed by atoms with Gasteiger partial charge in [-0.25, -0.2) is 0 Å². The van der Waals surface area contributed by atoms with E-state index in [4.69, 9.17) is 21.1 Å². The molecule has 0 heterocycles. The third-order valence-corrected chi connectivity index (χ3v) is 5.76. The van der Waals surface area contributed by atoms with Crippen molar-refractivity contribution in [2.45, 2.75) is 45.7 Å². The molecule has 0 fully saturated rings. The van der Waals surface area contributed by atoms with Crippen LogP contribution in [0.2, 0.25) is 5.02 Å². The summed E-state index contributed by atoms with van der Waals surface area (Å²) in [5.41, 5.74) is 0.889. The van der Waals surface area contributed by atoms with Crippen molar-refractivity contribution in [3.05, 3.63) is 57.5 Å². The van der Waals surface area contributed by atoms with Crippen LogP contribution in [-0.4, -0.2) is 43.0 Å². The summed E-state index contributed by atoms with van der Waals surface area (Å²) in [5.74, 6) is 0.680. The molecular formula is C24H30BrClN2O4. The van der Waals surface area contributed by atoms with Gasteiger partial charge >= 0.3 is 0 Å². The fourth-order valence-corrected chi connectivity index (χ4v) is 3.90. The summed E-state index contributed by atoms with van der Waals surface area (Å²) in [5, 5.41) is 3.34. The number of benzene rings is 2. The zero-order chi connectivity index (χ0) is 23.5. The highest BCUT2D eigenvalue weighted by Gasteiger charge is 2.29. The van der Waals surface area contributed by atoms with Crippen LogP contribution in [0.5, 0.6) is 11.5 Å². The van der Waals surface area contributed by atoms with E-state index < -0.39 is 6.04 Å². The van der Waals surface area contributed by atoms with Crippen molar-refractivity contribution in [3.8, 4) is 11.5 Å². The van der Waals surface area contributed by atoms with Crippen LogP contribution in [0.15, 0.2) is 46.9 Å². The topological polar surface area (TPSA) is 67.9 Å². The van der Waals surface area contributed by atoms with Crippen LogP contribution in [0.3, 0.4) is 0 Å². The Labute approximate surface area is 203 Å². The number of hydrogen-bond donors (Lipinski definition) is 1. The molecule has 0 saturated carbocycles. The second-order valence-corrected chi connectivity index (χ2v) is 8.62. The normalized spacial score (nSPS) is 11.5. The quantitative estimate of drug-likeness (QED) is 0.386. The highest BCUT2D eigenvalue weighted by molar-refractivity contribution is 9.10. The van der Waals surface area contributed by atoms with Gasteiger partial charge in [-0.1, -0.05) is 59.9 Å². The maximum absolute atomic E-state index is 13.2. The van der Waals surface area contributed by atoms with E-state index in [1.165, 1.54) is 0 Å². The van der Waals surface area contributed by atoms with Crippen molar-refractivity contribution in [2.75, 3.05) is 20.3 Å². The Bertz CT molecular complexity index is 892. The highest BCUT2D eigenvalue weighted by atomic mass is 79.9. The lowest BCUT2D eigenvalue weighted by molar-refractivity contribution is -0.143. The van der Waals surface area contributed by atoms with Gasteiger partial charge in [0, 0.05) is 17.6 Å². The van der Waals surface area contributed by atoms with Gasteiger partial charge in [-0.2, -0.15) is 0 Å². The molecule has 0 aliphatic carbocycles. The summed E-state index contributed by atoms with van der Waals surface area (Å²) in [6, 6.07) is 12.0. The molecule has 0 aliphatic heterocycles. The second-order valence-electron chi connectivity index (χ2n) is 7.30. The van der Waals surface area contributed by atoms with Gasteiger partial charge in [0.2, 0.25) is 5.91 Å². The molecule has 0 radical (unpaired) electrons. The molecule has 2 aromatic rings. The Morgan fingerprint density at radius 2 is 1.88 bits per heavy atom. The van der Waals surface area contributed by atoms with Crippen molar-refractivity contribution in [1.29, 1.82) is 0 Å². The lowest BCUT2D eigenvalue weighted by atomic mass is 10.1. The molecule has 0 bridgehead atoms. The van der Waals surface area contributed by atoms with Crippen molar-refractivity contribution in [2.24, 2.45) is 0 Å². The number of unbranched alkanes of at least 4 members (excludes halogenated alkanes) is 1. The highest BCUT2D eigenvalue weighted by Crippen LogP contribution is 2.28. The number of carbonyl (C=O) groups excluding carboxylic acids is 2. The molecule has 1 N–H and O–H groups in total. The molecule has 0 spiro atoms. The zero-order valence-corrected chi connectivity index (χ0v) is 21.0. The first kappa shape index (κ1) is 26.0. The maximum atomic E-state index is 13.2. The predicted octanol–water partition coefficient (Wildman–Crippen LogP) is 5.21. The van der Waals surface area contributed by atoms with Gasteiger partial charge in [0.1, 0.15) is 17.5 Å². The van der Waals surface area contributed by atoms with E-state index in [2.05, 4.69) is 28.2 Å². The van der Waals surface area contributed by atoms with Crippen LogP contribution >= 0.6 is 27.5 Å². The van der Waals surface area contributed by atoms with E-state index in [0.717, 1.165) is 28.6 Å². The first-order valence-electron chi connectivity index (χ1n) is 10.7. The summed E-state index contributed by atoms with van der Waals surface area (Å²) < 4.78 is 11.7. The molecule has 174 valence electrons. The van der Waals surface area contributed by atoms with Crippen LogP contribution < -0.4 is 14.8 Å². The first-order valence-corrected chi connectivity index (χ1v) is 11.8. The van der Waals surface area contributed by atoms with Gasteiger partial charge in [-0.15, -0.1) is 0 Å². The van der Waals surface area contributed by atoms with Gasteiger partial charge in [-0.05, 0) is 48.7 Å². The Morgan fingerprint density at radius 1 is 1.16 bits per heavy atom. The summed E-state index contributed by atoms with van der Waals surface area (Å²) >= 11 is 9.55. The molecule has 6 nitrogen and oxygen atoms in total. The molecule has 0 aliphatic rings. The van der Waals surface area contributed by atoms with Crippen LogP contribution in [0.25, 0.3) is 0 Å². The van der Waals surface area contributed by atoms with E-state index in [9.17, 15) is 9.59 Å². The van der Waals surface area contributed by atoms with Crippen molar-refractivity contribution in [1.82, 2.24) is 10.2 Å². The van der Waals surface area contributed by atoms with Crippen molar-refractivity contribution < 1.29 is 19.1 Å². The average Bonchev–Trinajstić information content (AvgIpc) is 2.78. The number of methoxy groups -OCH3 is 1. The first-order chi connectivity index (χ1) is 15.4. The molecule has 32 heavy (non-hydrogen) atoms. The summed E-state index contributed by atoms with van der Waals surface area (Å²) in [6.45, 7) is 4.59. The van der Waals surface area contributed by atoms with Crippen LogP contribution in [0.1, 0.15) is 38.7 Å². The zero-order valence-electron chi connectivity index (χ0n) is 18.7. The largest absolute Gasteiger partial charge is 0.497 e. The SMILES string of the molecule is CCCCNC(=O)[C@H](CC)N(Cc1ccc(OC)cc1)C(=O)COc1ccc(Br)cc1Cl. The van der Waals surface area contributed by atoms with Gasteiger partial charge < -0.3 is 19.7 Å². The molecule has 2 rings (SSSR count). The minimum absolute atomic E-state index is 0.163. The number of rotatable bonds is 12. The summed E-state index contributed by atoms with van der Waals surface area (Å²) in [4.78, 5) is 27.6. The molecule has 0 unspecified atom stereocenters. The Hall–Kier alpha value is -2.25. The number of ether oxygens (including phenoxy) is 2. The third kappa shape index (κ3) is 7.71. The minimum atomic E-state index is -0.606. The van der Waals surface area contributed by atoms with E-state index in [-0.39, 0.29) is 25.0 Å². The number of hydrogen-bond acceptors (Lipinski definition) is 4. The smallest absolute Gasteiger partial charge is 0.261 e. The number of carbonyl (C=O) groups is 2. The molecule has 1 atom stereocenters. The lowest BCUT2D eigenvalue weighted by Crippen LogP contribution is -2.50. The van der Waals surface area contributed by atoms with E-state index in [1.54, 1.807) is 30.2 Å². The number of amides is 2. The molecule has 0 aromatic heterocycles. The lowest BCUT2D eigenvalue weighted by Gasteiger charge is -2.30. The average molecular weight is 526 g/mol. The number of halogens is 2. The van der Waals surface area contributed by atoms with Crippen LogP contribution in [0.4, 0.5) is 0 Å². The Balaban J connectivity index is 2.19. The van der Waals surface area contributed by atoms with Gasteiger partial charge in [0.15, 0.2) is 6.61 Å². The minimum Gasteiger partial charge on any atom is -0.497 e. The van der Waals surface area contributed by atoms with E-state index in [0.29, 0.717) is 23.7 Å². The standard InChI is InChI=1S/C24H30BrClN2O4/c1-4-6-13-27-24(30)21(5-2)28(15-17-7-10-19(31-3)11-8-17)23(29)16-32-22-12-9-18(25)14-20(22)26/h7-12,14,21H,4-6,13,15-16H2,1-3H3,(H,27,30)/t21-/m0/s1. The molecule has 8 heteroatoms. The molecule has 0 saturated heterocycles. The Morgan fingerprint density at radius 3 is 2.47 bits per heavy atom. The third-order valence-electron chi connectivity index (χ3n) is 4.97. The maximum Gasteiger partial charge on any atom is 0.261 e. The fraction of sp³-hybridized carbons (Fsp3) is 0.417. The fourth-order valence-electron chi connectivity index (χ4n) is 3.17. The molecular weight excluding hydrogens is 496 g/mol. The van der Waals surface area contributed by atoms with Crippen LogP contribution in [-0.2, 0) is 16.1 Å². The van der Waals surface area contributed by atoms with Crippen LogP contribution in [0, 0.1) is 0 Å². The van der Waals surface area contributed by atoms with Gasteiger partial charge in [-0.3, -0.25) is 9.59 Å². The molecule has 2 aromatic carbocycles. The van der Waals surface area contributed by atoms with E-state index >= 15 is 0 Å². The second kappa shape index (κ2) is 13.3. The van der Waals surface area contributed by atoms with Gasteiger partial charge in [0.25, 0.3) is 5.91 Å². The monoisotopic (exact) mass is 524 g/mol. The summed E-state index contributed by atoms with van der Waals surface area (Å²) in [7, 11) is 1.60. The number of nitrogens with one attached hydrogen (secondary N) is 1. The summed E-state index contributed by atoms with van der Waals surface area (Å²) in [6.07, 6.45) is 2.35. The van der Waals surface area contributed by atoms with Crippen molar-refractivity contribution >= 4 is 39.3 Å². The Kier molecular flexibility index (Phi) is 10.8. The van der Waals surface area contributed by atoms with Crippen molar-refractivity contribution in [3.63, 3.8) is 0 Å². The van der Waals surface area contributed by atoms with E-state index in [1.807, 2.05) is 31.2 Å². The number of nitrogens with zero attached hydrogens (tertiary/aromatic N) is 1. The van der Waals surface area contributed by atoms with Gasteiger partial charge in [0.05, 0.1) is 12.1 Å².